The smallest absolute Gasteiger partial charge is 0.161 e. The topological polar surface area (TPSA) is 56.1 Å². The number of hydrogen-bond donors (Lipinski definition) is 0. The molecule has 3 aromatic rings. The van der Waals surface area contributed by atoms with Crippen LogP contribution < -0.4 is 0 Å². The van der Waals surface area contributed by atoms with E-state index in [0.717, 1.165) is 60.2 Å². The van der Waals surface area contributed by atoms with Gasteiger partial charge in [-0.25, -0.2) is 20.0 Å². The highest BCUT2D eigenvalue weighted by molar-refractivity contribution is 8.32. The van der Waals surface area contributed by atoms with Crippen LogP contribution in [0.5, 0.6) is 0 Å². The Morgan fingerprint density at radius 3 is 2.53 bits per heavy atom. The van der Waals surface area contributed by atoms with Crippen molar-refractivity contribution in [3.63, 3.8) is 0 Å². The Hall–Kier alpha value is -1.96. The van der Waals surface area contributed by atoms with E-state index in [1.165, 1.54) is 17.5 Å². The van der Waals surface area contributed by atoms with Crippen LogP contribution in [-0.2, 0) is 17.9 Å². The van der Waals surface area contributed by atoms with Gasteiger partial charge in [0.1, 0.15) is 18.1 Å². The fourth-order valence-corrected chi connectivity index (χ4v) is 5.57. The number of ether oxygens (including phenoxy) is 1. The lowest BCUT2D eigenvalue weighted by atomic mass is 9.98. The molecule has 1 aliphatic heterocycles. The largest absolute Gasteiger partial charge is 0.360 e. The van der Waals surface area contributed by atoms with Crippen molar-refractivity contribution in [2.24, 2.45) is 5.92 Å². The van der Waals surface area contributed by atoms with Crippen LogP contribution in [0, 0.1) is 26.7 Å². The normalized spacial score (nSPS) is 18.6. The molecule has 0 amide bonds. The van der Waals surface area contributed by atoms with Crippen LogP contribution in [0.1, 0.15) is 47.7 Å². The van der Waals surface area contributed by atoms with Crippen LogP contribution in [0.4, 0.5) is 0 Å². The molecule has 0 bridgehead atoms. The lowest BCUT2D eigenvalue weighted by molar-refractivity contribution is 0.0906. The number of rotatable bonds is 9. The van der Waals surface area contributed by atoms with Crippen molar-refractivity contribution >= 4 is 21.2 Å². The molecule has 1 aliphatic rings. The predicted octanol–water partition coefficient (Wildman–Crippen LogP) is 5.05. The number of aromatic nitrogens is 4. The molecule has 0 N–H and O–H groups in total. The Morgan fingerprint density at radius 1 is 1.09 bits per heavy atom. The van der Waals surface area contributed by atoms with Crippen LogP contribution in [0.25, 0.3) is 11.2 Å². The van der Waals surface area contributed by atoms with Crippen LogP contribution >= 0.6 is 10.0 Å². The summed E-state index contributed by atoms with van der Waals surface area (Å²) in [5.74, 6) is 2.76. The summed E-state index contributed by atoms with van der Waals surface area (Å²) in [6.07, 6.45) is 11.4. The Morgan fingerprint density at radius 2 is 1.82 bits per heavy atom. The summed E-state index contributed by atoms with van der Waals surface area (Å²) < 4.78 is 8.06. The second kappa shape index (κ2) is 10.3. The molecule has 2 atom stereocenters. The molecular formula is C27H41N5OS. The third-order valence-corrected chi connectivity index (χ3v) is 8.26. The summed E-state index contributed by atoms with van der Waals surface area (Å²) in [5.41, 5.74) is 6.77. The minimum Gasteiger partial charge on any atom is -0.360 e. The van der Waals surface area contributed by atoms with E-state index in [9.17, 15) is 0 Å². The van der Waals surface area contributed by atoms with Crippen LogP contribution in [0.2, 0.25) is 0 Å². The fourth-order valence-electron chi connectivity index (χ4n) is 4.95. The van der Waals surface area contributed by atoms with Gasteiger partial charge in [-0.3, -0.25) is 14.5 Å². The molecule has 186 valence electrons. The molecule has 0 radical (unpaired) electrons. The third kappa shape index (κ3) is 6.18. The minimum atomic E-state index is -0.540. The Bertz CT molecular complexity index is 1120. The highest BCUT2D eigenvalue weighted by atomic mass is 32.3. The minimum absolute atomic E-state index is 0.333. The predicted molar refractivity (Wildman–Crippen MR) is 144 cm³/mol. The quantitative estimate of drug-likeness (QED) is 0.399. The van der Waals surface area contributed by atoms with Gasteiger partial charge in [0.25, 0.3) is 0 Å². The number of hydrogen-bond acceptors (Lipinski definition) is 5. The molecule has 1 saturated heterocycles. The summed E-state index contributed by atoms with van der Waals surface area (Å²) in [4.78, 5) is 16.7. The maximum Gasteiger partial charge on any atom is 0.161 e. The molecule has 4 heterocycles. The van der Waals surface area contributed by atoms with Gasteiger partial charge >= 0.3 is 0 Å². The monoisotopic (exact) mass is 483 g/mol. The van der Waals surface area contributed by atoms with E-state index in [2.05, 4.69) is 72.2 Å². The summed E-state index contributed by atoms with van der Waals surface area (Å²) in [6, 6.07) is 7.03. The van der Waals surface area contributed by atoms with Gasteiger partial charge in [-0.05, 0) is 101 Å². The maximum absolute atomic E-state index is 5.97. The highest BCUT2D eigenvalue weighted by Gasteiger charge is 2.27. The Labute approximate surface area is 206 Å². The van der Waals surface area contributed by atoms with Crippen molar-refractivity contribution in [3.05, 3.63) is 52.7 Å². The van der Waals surface area contributed by atoms with Crippen LogP contribution in [0.3, 0.4) is 0 Å². The van der Waals surface area contributed by atoms with Gasteiger partial charge in [-0.15, -0.1) is 0 Å². The number of imidazole rings is 1. The summed E-state index contributed by atoms with van der Waals surface area (Å²) in [5, 5.41) is 0. The van der Waals surface area contributed by atoms with E-state index in [1.807, 2.05) is 13.1 Å². The van der Waals surface area contributed by atoms with Gasteiger partial charge in [-0.1, -0.05) is 0 Å². The summed E-state index contributed by atoms with van der Waals surface area (Å²) in [6.45, 7) is 12.1. The molecule has 1 fully saturated rings. The first-order chi connectivity index (χ1) is 16.1. The third-order valence-electron chi connectivity index (χ3n) is 6.87. The first kappa shape index (κ1) is 25.1. The van der Waals surface area contributed by atoms with Crippen molar-refractivity contribution in [1.29, 1.82) is 0 Å². The molecule has 7 heteroatoms. The van der Waals surface area contributed by atoms with E-state index >= 15 is 0 Å². The number of pyridine rings is 2. The van der Waals surface area contributed by atoms with Crippen molar-refractivity contribution in [1.82, 2.24) is 24.4 Å². The number of fused-ring (bicyclic) bond motifs is 1. The highest BCUT2D eigenvalue weighted by Crippen LogP contribution is 2.34. The average molecular weight is 484 g/mol. The Balaban J connectivity index is 1.39. The molecule has 1 unspecified atom stereocenters. The molecule has 34 heavy (non-hydrogen) atoms. The number of likely N-dealkylation sites (tertiary alicyclic amines) is 1. The second-order valence-electron chi connectivity index (χ2n) is 10.8. The first-order valence-electron chi connectivity index (χ1n) is 12.3. The molecule has 0 aromatic carbocycles. The van der Waals surface area contributed by atoms with E-state index < -0.39 is 10.0 Å². The van der Waals surface area contributed by atoms with E-state index in [1.54, 1.807) is 0 Å². The van der Waals surface area contributed by atoms with Crippen molar-refractivity contribution in [2.75, 3.05) is 44.2 Å². The van der Waals surface area contributed by atoms with Crippen molar-refractivity contribution in [2.45, 2.75) is 53.3 Å². The second-order valence-corrected chi connectivity index (χ2v) is 15.4. The van der Waals surface area contributed by atoms with Gasteiger partial charge in [0.2, 0.25) is 0 Å². The van der Waals surface area contributed by atoms with E-state index in [-0.39, 0.29) is 0 Å². The van der Waals surface area contributed by atoms with E-state index in [4.69, 9.17) is 14.7 Å². The zero-order valence-electron chi connectivity index (χ0n) is 22.0. The van der Waals surface area contributed by atoms with Gasteiger partial charge < -0.3 is 4.74 Å². The Kier molecular flexibility index (Phi) is 7.65. The summed E-state index contributed by atoms with van der Waals surface area (Å²) >= 11 is 0. The van der Waals surface area contributed by atoms with Crippen molar-refractivity contribution < 1.29 is 4.74 Å². The lowest BCUT2D eigenvalue weighted by Gasteiger charge is -2.25. The molecule has 0 aliphatic carbocycles. The van der Waals surface area contributed by atoms with Crippen LogP contribution in [-0.4, -0.2) is 68.6 Å². The molecule has 0 saturated carbocycles. The van der Waals surface area contributed by atoms with Crippen molar-refractivity contribution in [3.8, 4) is 0 Å². The molecular weight excluding hydrogens is 442 g/mol. The van der Waals surface area contributed by atoms with E-state index in [0.29, 0.717) is 18.7 Å². The fraction of sp³-hybridized carbons (Fsp3) is 0.593. The molecule has 4 rings (SSSR count). The van der Waals surface area contributed by atoms with Gasteiger partial charge in [0.15, 0.2) is 5.65 Å². The zero-order valence-corrected chi connectivity index (χ0v) is 22.8. The number of nitrogens with zero attached hydrogens (tertiary/aromatic N) is 5. The molecule has 0 spiro atoms. The zero-order chi connectivity index (χ0) is 24.5. The molecule has 6 nitrogen and oxygen atoms in total. The van der Waals surface area contributed by atoms with Crippen LogP contribution in [0.15, 0.2) is 24.4 Å². The molecule has 3 aromatic heterocycles. The lowest BCUT2D eigenvalue weighted by Crippen LogP contribution is -2.25. The maximum atomic E-state index is 5.97. The first-order valence-corrected chi connectivity index (χ1v) is 15.4. The van der Waals surface area contributed by atoms with Gasteiger partial charge in [-0.2, -0.15) is 0 Å². The number of aryl methyl sites for hydroxylation is 3. The van der Waals surface area contributed by atoms with Gasteiger partial charge in [0, 0.05) is 35.9 Å². The standard InChI is InChI=1S/C27H41N5OS/c1-19-12-24(13-20(2)29-19)14-23-8-9-31(17-23)21(3)25-15-26-27(28-16-25)32(22(4)30-26)18-33-10-11-34(5,6)7/h12-13,15-16,21,23H,8-11,14,17-18H2,1-7H3/t21?,23-/m1/s1. The summed E-state index contributed by atoms with van der Waals surface area (Å²) in [7, 11) is -0.540. The average Bonchev–Trinajstić information content (AvgIpc) is 3.32. The van der Waals surface area contributed by atoms with Gasteiger partial charge in [0.05, 0.1) is 6.61 Å². The SMILES string of the molecule is Cc1cc(C[C@H]2CCN(C(C)c3cnc4c(c3)nc(C)n4COCCS(C)(C)C)C2)cc(C)n1.